The number of rotatable bonds is 6. The fourth-order valence-corrected chi connectivity index (χ4v) is 2.31. The molecule has 1 amide bonds. The average molecular weight is 297 g/mol. The molecule has 5 heteroatoms. The first-order valence-corrected chi connectivity index (χ1v) is 7.41. The van der Waals surface area contributed by atoms with E-state index in [0.717, 1.165) is 12.3 Å². The largest absolute Gasteiger partial charge is 0.397 e. The Hall–Kier alpha value is -1.26. The molecule has 0 heterocycles. The summed E-state index contributed by atoms with van der Waals surface area (Å²) in [5.41, 5.74) is 6.80. The number of amides is 1. The second-order valence-electron chi connectivity index (χ2n) is 5.32. The third kappa shape index (κ3) is 4.12. The Bertz CT molecular complexity index is 475. The predicted molar refractivity (Wildman–Crippen MR) is 81.9 cm³/mol. The van der Waals surface area contributed by atoms with E-state index < -0.39 is 6.10 Å². The van der Waals surface area contributed by atoms with Crippen molar-refractivity contribution in [3.63, 3.8) is 0 Å². The number of anilines is 2. The Kier molecular flexibility index (Phi) is 5.26. The summed E-state index contributed by atoms with van der Waals surface area (Å²) in [7, 11) is 0. The second kappa shape index (κ2) is 6.95. The Balaban J connectivity index is 1.79. The Morgan fingerprint density at radius 1 is 1.55 bits per heavy atom. The van der Waals surface area contributed by atoms with Crippen LogP contribution in [0.1, 0.15) is 32.6 Å². The van der Waals surface area contributed by atoms with Crippen molar-refractivity contribution in [3.8, 4) is 0 Å². The molecular weight excluding hydrogens is 276 g/mol. The number of carbonyl (C=O) groups excluding carboxylic acids is 1. The maximum atomic E-state index is 12.0. The number of ether oxygens (including phenoxy) is 1. The van der Waals surface area contributed by atoms with E-state index in [9.17, 15) is 4.79 Å². The molecule has 0 spiro atoms. The fourth-order valence-electron chi connectivity index (χ4n) is 2.14. The molecular formula is C15H21ClN2O2. The number of nitrogens with one attached hydrogen (secondary N) is 1. The van der Waals surface area contributed by atoms with E-state index in [1.807, 2.05) is 0 Å². The number of hydrogen-bond donors (Lipinski definition) is 2. The van der Waals surface area contributed by atoms with Crippen molar-refractivity contribution in [2.24, 2.45) is 5.92 Å². The lowest BCUT2D eigenvalue weighted by Gasteiger charge is -2.25. The zero-order valence-electron chi connectivity index (χ0n) is 11.7. The van der Waals surface area contributed by atoms with Gasteiger partial charge in [-0.25, -0.2) is 0 Å². The van der Waals surface area contributed by atoms with E-state index in [4.69, 9.17) is 22.1 Å². The maximum Gasteiger partial charge on any atom is 0.253 e. The minimum Gasteiger partial charge on any atom is -0.397 e. The van der Waals surface area contributed by atoms with Gasteiger partial charge in [-0.15, -0.1) is 0 Å². The minimum absolute atomic E-state index is 0.201. The third-order valence-corrected chi connectivity index (χ3v) is 4.00. The summed E-state index contributed by atoms with van der Waals surface area (Å²) >= 11 is 5.88. The quantitative estimate of drug-likeness (QED) is 0.790. The van der Waals surface area contributed by atoms with Crippen LogP contribution in [-0.2, 0) is 9.53 Å². The van der Waals surface area contributed by atoms with Gasteiger partial charge in [-0.2, -0.15) is 0 Å². The Morgan fingerprint density at radius 2 is 2.30 bits per heavy atom. The number of halogens is 1. The van der Waals surface area contributed by atoms with E-state index in [0.29, 0.717) is 23.0 Å². The standard InChI is InChI=1S/C15H21ClN2O2/c1-10(20-8-7-11-3-2-4-11)15(19)18-14-9-12(16)5-6-13(14)17/h5-6,9-11H,2-4,7-8,17H2,1H3,(H,18,19). The van der Waals surface area contributed by atoms with Crippen LogP contribution in [-0.4, -0.2) is 18.6 Å². The first kappa shape index (κ1) is 15.1. The molecule has 20 heavy (non-hydrogen) atoms. The lowest BCUT2D eigenvalue weighted by Crippen LogP contribution is -2.29. The molecule has 110 valence electrons. The van der Waals surface area contributed by atoms with Crippen LogP contribution in [0.3, 0.4) is 0 Å². The van der Waals surface area contributed by atoms with Gasteiger partial charge in [0.2, 0.25) is 0 Å². The lowest BCUT2D eigenvalue weighted by atomic mass is 9.83. The molecule has 2 rings (SSSR count). The van der Waals surface area contributed by atoms with E-state index in [-0.39, 0.29) is 5.91 Å². The van der Waals surface area contributed by atoms with Crippen molar-refractivity contribution < 1.29 is 9.53 Å². The van der Waals surface area contributed by atoms with Gasteiger partial charge in [0.1, 0.15) is 6.10 Å². The SMILES string of the molecule is CC(OCCC1CCC1)C(=O)Nc1cc(Cl)ccc1N. The smallest absolute Gasteiger partial charge is 0.253 e. The maximum absolute atomic E-state index is 12.0. The topological polar surface area (TPSA) is 64.3 Å². The molecule has 1 aromatic carbocycles. The highest BCUT2D eigenvalue weighted by molar-refractivity contribution is 6.31. The van der Waals surface area contributed by atoms with E-state index in [1.54, 1.807) is 25.1 Å². The fraction of sp³-hybridized carbons (Fsp3) is 0.533. The summed E-state index contributed by atoms with van der Waals surface area (Å²) in [5, 5.41) is 3.28. The first-order valence-electron chi connectivity index (χ1n) is 7.03. The third-order valence-electron chi connectivity index (χ3n) is 3.76. The summed E-state index contributed by atoms with van der Waals surface area (Å²) in [6.07, 6.45) is 4.46. The van der Waals surface area contributed by atoms with Gasteiger partial charge in [0.25, 0.3) is 5.91 Å². The number of hydrogen-bond acceptors (Lipinski definition) is 3. The van der Waals surface area contributed by atoms with E-state index in [1.165, 1.54) is 19.3 Å². The van der Waals surface area contributed by atoms with Gasteiger partial charge in [-0.05, 0) is 37.5 Å². The number of nitrogen functional groups attached to an aromatic ring is 1. The molecule has 1 aliphatic rings. The molecule has 0 aromatic heterocycles. The molecule has 0 bridgehead atoms. The summed E-state index contributed by atoms with van der Waals surface area (Å²) in [4.78, 5) is 12.0. The molecule has 0 aliphatic heterocycles. The molecule has 0 saturated heterocycles. The first-order chi connectivity index (χ1) is 9.56. The van der Waals surface area contributed by atoms with Crippen molar-refractivity contribution in [1.82, 2.24) is 0 Å². The van der Waals surface area contributed by atoms with Gasteiger partial charge in [-0.3, -0.25) is 4.79 Å². The van der Waals surface area contributed by atoms with Crippen molar-refractivity contribution in [2.75, 3.05) is 17.7 Å². The monoisotopic (exact) mass is 296 g/mol. The summed E-state index contributed by atoms with van der Waals surface area (Å²) in [6.45, 7) is 2.38. The molecule has 1 unspecified atom stereocenters. The Morgan fingerprint density at radius 3 is 2.95 bits per heavy atom. The highest BCUT2D eigenvalue weighted by Crippen LogP contribution is 2.29. The predicted octanol–water partition coefficient (Wildman–Crippen LogP) is 3.46. The van der Waals surface area contributed by atoms with Gasteiger partial charge in [0.05, 0.1) is 11.4 Å². The van der Waals surface area contributed by atoms with Crippen LogP contribution in [0, 0.1) is 5.92 Å². The number of benzene rings is 1. The molecule has 0 radical (unpaired) electrons. The normalized spacial score (nSPS) is 16.5. The van der Waals surface area contributed by atoms with Gasteiger partial charge < -0.3 is 15.8 Å². The number of carbonyl (C=O) groups is 1. The van der Waals surface area contributed by atoms with Gasteiger partial charge in [0.15, 0.2) is 0 Å². The average Bonchev–Trinajstić information content (AvgIpc) is 2.36. The lowest BCUT2D eigenvalue weighted by molar-refractivity contribution is -0.126. The zero-order chi connectivity index (χ0) is 14.5. The van der Waals surface area contributed by atoms with Crippen molar-refractivity contribution in [2.45, 2.75) is 38.7 Å². The molecule has 1 aromatic rings. The zero-order valence-corrected chi connectivity index (χ0v) is 12.5. The second-order valence-corrected chi connectivity index (χ2v) is 5.76. The highest BCUT2D eigenvalue weighted by atomic mass is 35.5. The van der Waals surface area contributed by atoms with Crippen molar-refractivity contribution in [3.05, 3.63) is 23.2 Å². The van der Waals surface area contributed by atoms with Crippen LogP contribution in [0.4, 0.5) is 11.4 Å². The van der Waals surface area contributed by atoms with E-state index in [2.05, 4.69) is 5.32 Å². The summed E-state index contributed by atoms with van der Waals surface area (Å²) in [5.74, 6) is 0.585. The molecule has 4 nitrogen and oxygen atoms in total. The van der Waals surface area contributed by atoms with Gasteiger partial charge in [0, 0.05) is 11.6 Å². The van der Waals surface area contributed by atoms with Crippen molar-refractivity contribution in [1.29, 1.82) is 0 Å². The van der Waals surface area contributed by atoms with Gasteiger partial charge >= 0.3 is 0 Å². The van der Waals surface area contributed by atoms with Crippen molar-refractivity contribution >= 4 is 28.9 Å². The molecule has 1 saturated carbocycles. The molecule has 1 aliphatic carbocycles. The number of nitrogens with two attached hydrogens (primary N) is 1. The minimum atomic E-state index is -0.492. The Labute approximate surface area is 124 Å². The van der Waals surface area contributed by atoms with Gasteiger partial charge in [-0.1, -0.05) is 30.9 Å². The van der Waals surface area contributed by atoms with Crippen LogP contribution in [0.5, 0.6) is 0 Å². The summed E-state index contributed by atoms with van der Waals surface area (Å²) in [6, 6.07) is 4.99. The molecule has 3 N–H and O–H groups in total. The van der Waals surface area contributed by atoms with Crippen LogP contribution >= 0.6 is 11.6 Å². The highest BCUT2D eigenvalue weighted by Gasteiger charge is 2.19. The molecule has 1 atom stereocenters. The summed E-state index contributed by atoms with van der Waals surface area (Å²) < 4.78 is 5.57. The van der Waals surface area contributed by atoms with Crippen LogP contribution in [0.2, 0.25) is 5.02 Å². The van der Waals surface area contributed by atoms with Crippen LogP contribution in [0.25, 0.3) is 0 Å². The van der Waals surface area contributed by atoms with E-state index >= 15 is 0 Å². The van der Waals surface area contributed by atoms with Crippen LogP contribution in [0.15, 0.2) is 18.2 Å². The van der Waals surface area contributed by atoms with Crippen LogP contribution < -0.4 is 11.1 Å². The molecule has 1 fully saturated rings.